The number of hydrogen-bond acceptors (Lipinski definition) is 6. The molecule has 0 radical (unpaired) electrons. The number of carbonyl (C=O) groups excluding carboxylic acids is 2. The maximum atomic E-state index is 14.1. The van der Waals surface area contributed by atoms with Crippen molar-refractivity contribution >= 4 is 51.9 Å². The van der Waals surface area contributed by atoms with E-state index < -0.39 is 17.7 Å². The van der Waals surface area contributed by atoms with Crippen LogP contribution in [0.3, 0.4) is 0 Å². The Morgan fingerprint density at radius 1 is 1.08 bits per heavy atom. The molecule has 3 aliphatic heterocycles. The highest BCUT2D eigenvalue weighted by Crippen LogP contribution is 2.56. The molecule has 206 valence electrons. The number of thioether (sulfide) groups is 1. The quantitative estimate of drug-likeness (QED) is 0.515. The third-order valence-corrected chi connectivity index (χ3v) is 9.25. The topological polar surface area (TPSA) is 76.5 Å². The fourth-order valence-corrected chi connectivity index (χ4v) is 7.38. The molecule has 0 aromatic heterocycles. The molecule has 1 unspecified atom stereocenters. The summed E-state index contributed by atoms with van der Waals surface area (Å²) in [5.41, 5.74) is 2.21. The van der Waals surface area contributed by atoms with Crippen molar-refractivity contribution in [3.05, 3.63) is 80.3 Å². The third-order valence-electron chi connectivity index (χ3n) is 7.69. The molecule has 2 aromatic rings. The number of amidine groups is 1. The number of fused-ring (bicyclic) bond motifs is 1. The number of allylic oxidation sites excluding steroid dienone is 1. The summed E-state index contributed by atoms with van der Waals surface area (Å²) in [7, 11) is 3.27. The van der Waals surface area contributed by atoms with Crippen molar-refractivity contribution in [1.82, 2.24) is 14.7 Å². The molecule has 0 aliphatic carbocycles. The molecule has 1 saturated heterocycles. The number of amides is 2. The molecular formula is C29H32Cl2N4O3S. The number of benzene rings is 2. The van der Waals surface area contributed by atoms with Crippen molar-refractivity contribution in [2.75, 3.05) is 20.6 Å². The molecule has 0 bridgehead atoms. The summed E-state index contributed by atoms with van der Waals surface area (Å²) in [6, 6.07) is 14.3. The Morgan fingerprint density at radius 3 is 2.23 bits per heavy atom. The van der Waals surface area contributed by atoms with Crippen LogP contribution < -0.4 is 0 Å². The molecule has 10 heteroatoms. The van der Waals surface area contributed by atoms with Crippen molar-refractivity contribution in [3.63, 3.8) is 0 Å². The summed E-state index contributed by atoms with van der Waals surface area (Å²) < 4.78 is 0. The number of aliphatic imine (C=N–C) groups is 1. The van der Waals surface area contributed by atoms with Gasteiger partial charge in [-0.15, -0.1) is 0 Å². The van der Waals surface area contributed by atoms with Crippen LogP contribution in [0.2, 0.25) is 10.0 Å². The summed E-state index contributed by atoms with van der Waals surface area (Å²) >= 11 is 13.8. The van der Waals surface area contributed by atoms with Gasteiger partial charge in [-0.3, -0.25) is 9.59 Å². The molecule has 3 aliphatic rings. The van der Waals surface area contributed by atoms with Gasteiger partial charge in [-0.1, -0.05) is 61.3 Å². The van der Waals surface area contributed by atoms with E-state index in [0.29, 0.717) is 27.9 Å². The van der Waals surface area contributed by atoms with Crippen molar-refractivity contribution < 1.29 is 14.7 Å². The largest absolute Gasteiger partial charge is 0.390 e. The number of nitrogens with zero attached hydrogens (tertiary/aromatic N) is 4. The number of aliphatic hydroxyl groups excluding tert-OH is 1. The van der Waals surface area contributed by atoms with Gasteiger partial charge >= 0.3 is 0 Å². The minimum absolute atomic E-state index is 0.0120. The lowest BCUT2D eigenvalue weighted by Crippen LogP contribution is -2.50. The molecule has 4 atom stereocenters. The van der Waals surface area contributed by atoms with E-state index in [1.807, 2.05) is 48.5 Å². The SMILES string of the molecule is CC(C)C1=C(C(=O)N2CCC(O)[C@H]2C(=O)N(C)C)SC2=N[C@@](C)(c3ccc(Cl)cc3)[C@@H](c3ccc(Cl)cc3)N21. The van der Waals surface area contributed by atoms with Crippen LogP contribution in [0.4, 0.5) is 0 Å². The van der Waals surface area contributed by atoms with E-state index in [1.54, 1.807) is 14.1 Å². The van der Waals surface area contributed by atoms with Crippen molar-refractivity contribution in [2.45, 2.75) is 50.9 Å². The summed E-state index contributed by atoms with van der Waals surface area (Å²) in [6.07, 6.45) is -0.539. The van der Waals surface area contributed by atoms with E-state index >= 15 is 0 Å². The number of hydrogen-bond donors (Lipinski definition) is 1. The molecule has 2 amide bonds. The van der Waals surface area contributed by atoms with Gasteiger partial charge in [0, 0.05) is 36.4 Å². The second kappa shape index (κ2) is 10.5. The Labute approximate surface area is 243 Å². The average Bonchev–Trinajstić information content (AvgIpc) is 3.53. The van der Waals surface area contributed by atoms with Crippen molar-refractivity contribution in [1.29, 1.82) is 0 Å². The fraction of sp³-hybridized carbons (Fsp3) is 0.414. The minimum atomic E-state index is -0.905. The Bertz CT molecular complexity index is 1360. The highest BCUT2D eigenvalue weighted by atomic mass is 35.5. The highest BCUT2D eigenvalue weighted by molar-refractivity contribution is 8.18. The standard InChI is InChI=1S/C29H32Cl2N4O3S/c1-16(2)22-24(27(38)34-15-14-21(36)23(34)26(37)33(4)5)39-28-32-29(3,18-8-12-20(31)13-9-18)25(35(22)28)17-6-10-19(30)11-7-17/h6-13,16,21,23,25,36H,14-15H2,1-5H3/t21?,23-,25+,29-/m0/s1. The number of aliphatic hydroxyl groups is 1. The van der Waals surface area contributed by atoms with Crippen LogP contribution in [0.1, 0.15) is 44.4 Å². The van der Waals surface area contributed by atoms with E-state index in [0.717, 1.165) is 22.0 Å². The second-order valence-electron chi connectivity index (χ2n) is 10.9. The van der Waals surface area contributed by atoms with Crippen LogP contribution >= 0.6 is 35.0 Å². The first-order valence-corrected chi connectivity index (χ1v) is 14.5. The van der Waals surface area contributed by atoms with E-state index in [4.69, 9.17) is 28.2 Å². The number of halogens is 2. The lowest BCUT2D eigenvalue weighted by molar-refractivity contribution is -0.142. The van der Waals surface area contributed by atoms with Crippen LogP contribution in [0.25, 0.3) is 0 Å². The van der Waals surface area contributed by atoms with Crippen LogP contribution in [0, 0.1) is 5.92 Å². The molecular weight excluding hydrogens is 555 g/mol. The van der Waals surface area contributed by atoms with Gasteiger partial charge < -0.3 is 19.8 Å². The van der Waals surface area contributed by atoms with Gasteiger partial charge in [-0.25, -0.2) is 4.99 Å². The predicted octanol–water partition coefficient (Wildman–Crippen LogP) is 5.29. The van der Waals surface area contributed by atoms with Gasteiger partial charge in [0.2, 0.25) is 5.91 Å². The molecule has 1 fully saturated rings. The first-order chi connectivity index (χ1) is 18.4. The van der Waals surface area contributed by atoms with Crippen molar-refractivity contribution in [3.8, 4) is 0 Å². The van der Waals surface area contributed by atoms with Gasteiger partial charge in [0.25, 0.3) is 5.91 Å². The molecule has 3 heterocycles. The molecule has 1 N–H and O–H groups in total. The summed E-state index contributed by atoms with van der Waals surface area (Å²) in [5, 5.41) is 12.6. The average molecular weight is 588 g/mol. The number of likely N-dealkylation sites (tertiary alicyclic amines) is 1. The first-order valence-electron chi connectivity index (χ1n) is 13.0. The Balaban J connectivity index is 1.61. The summed E-state index contributed by atoms with van der Waals surface area (Å²) in [5.74, 6) is -0.544. The zero-order valence-electron chi connectivity index (χ0n) is 22.6. The fourth-order valence-electron chi connectivity index (χ4n) is 5.76. The molecule has 0 spiro atoms. The van der Waals surface area contributed by atoms with E-state index in [1.165, 1.54) is 21.6 Å². The smallest absolute Gasteiger partial charge is 0.263 e. The lowest BCUT2D eigenvalue weighted by Gasteiger charge is -2.37. The van der Waals surface area contributed by atoms with Crippen LogP contribution in [0.15, 0.2) is 64.1 Å². The van der Waals surface area contributed by atoms with Crippen molar-refractivity contribution in [2.24, 2.45) is 10.9 Å². The Kier molecular flexibility index (Phi) is 7.52. The van der Waals surface area contributed by atoms with Gasteiger partial charge in [0.1, 0.15) is 16.5 Å². The zero-order valence-corrected chi connectivity index (χ0v) is 24.9. The maximum Gasteiger partial charge on any atom is 0.263 e. The number of likely N-dealkylation sites (N-methyl/N-ethyl adjacent to an activating group) is 1. The maximum absolute atomic E-state index is 14.1. The summed E-state index contributed by atoms with van der Waals surface area (Å²) in [6.45, 7) is 6.53. The molecule has 2 aromatic carbocycles. The highest BCUT2D eigenvalue weighted by Gasteiger charge is 2.54. The molecule has 0 saturated carbocycles. The third kappa shape index (κ3) is 4.75. The number of rotatable bonds is 5. The van der Waals surface area contributed by atoms with Gasteiger partial charge in [0.15, 0.2) is 5.17 Å². The van der Waals surface area contributed by atoms with E-state index in [-0.39, 0.29) is 23.8 Å². The minimum Gasteiger partial charge on any atom is -0.390 e. The molecule has 5 rings (SSSR count). The van der Waals surface area contributed by atoms with Crippen LogP contribution in [-0.2, 0) is 15.1 Å². The Hall–Kier alpha value is -2.52. The zero-order chi connectivity index (χ0) is 28.2. The van der Waals surface area contributed by atoms with Crippen LogP contribution in [-0.4, -0.2) is 69.6 Å². The lowest BCUT2D eigenvalue weighted by atomic mass is 9.81. The van der Waals surface area contributed by atoms with E-state index in [2.05, 4.69) is 25.7 Å². The number of carbonyl (C=O) groups is 2. The normalized spacial score (nSPS) is 26.4. The first kappa shape index (κ1) is 28.0. The van der Waals surface area contributed by atoms with Crippen LogP contribution in [0.5, 0.6) is 0 Å². The van der Waals surface area contributed by atoms with Gasteiger partial charge in [0.05, 0.1) is 12.1 Å². The van der Waals surface area contributed by atoms with Gasteiger partial charge in [-0.2, -0.15) is 0 Å². The molecule has 39 heavy (non-hydrogen) atoms. The summed E-state index contributed by atoms with van der Waals surface area (Å²) in [4.78, 5) is 37.9. The Morgan fingerprint density at radius 2 is 1.67 bits per heavy atom. The van der Waals surface area contributed by atoms with E-state index in [9.17, 15) is 14.7 Å². The predicted molar refractivity (Wildman–Crippen MR) is 157 cm³/mol. The molecule has 7 nitrogen and oxygen atoms in total. The van der Waals surface area contributed by atoms with Gasteiger partial charge in [-0.05, 0) is 66.4 Å². The monoisotopic (exact) mass is 586 g/mol. The second-order valence-corrected chi connectivity index (χ2v) is 12.7.